The van der Waals surface area contributed by atoms with Crippen LogP contribution < -0.4 is 5.32 Å². The standard InChI is InChI=1S/C24H16ClFN2O/c25-18-8-9-21-22(11-12-27-23(21)15-18)28-20-6-2-4-17(14-20)24(29)10-7-16-3-1-5-19(26)13-16/h1-15H,(H,27,28)/b10-7+. The molecule has 0 saturated heterocycles. The summed E-state index contributed by atoms with van der Waals surface area (Å²) >= 11 is 6.04. The lowest BCUT2D eigenvalue weighted by molar-refractivity contribution is 0.104. The van der Waals surface area contributed by atoms with Crippen LogP contribution in [0.5, 0.6) is 0 Å². The van der Waals surface area contributed by atoms with Crippen molar-refractivity contribution in [1.82, 2.24) is 4.98 Å². The molecule has 142 valence electrons. The fraction of sp³-hybridized carbons (Fsp3) is 0. The van der Waals surface area contributed by atoms with Crippen molar-refractivity contribution in [3.05, 3.63) is 107 Å². The van der Waals surface area contributed by atoms with Crippen molar-refractivity contribution in [3.8, 4) is 0 Å². The van der Waals surface area contributed by atoms with E-state index in [0.717, 1.165) is 22.3 Å². The summed E-state index contributed by atoms with van der Waals surface area (Å²) in [6, 6.07) is 20.7. The van der Waals surface area contributed by atoms with E-state index in [0.29, 0.717) is 16.1 Å². The Kier molecular flexibility index (Phi) is 5.36. The van der Waals surface area contributed by atoms with Gasteiger partial charge in [0, 0.05) is 33.5 Å². The van der Waals surface area contributed by atoms with Crippen molar-refractivity contribution >= 4 is 45.7 Å². The molecule has 29 heavy (non-hydrogen) atoms. The zero-order chi connectivity index (χ0) is 20.2. The zero-order valence-electron chi connectivity index (χ0n) is 15.3. The number of anilines is 2. The summed E-state index contributed by atoms with van der Waals surface area (Å²) in [6.07, 6.45) is 4.75. The van der Waals surface area contributed by atoms with E-state index in [4.69, 9.17) is 11.6 Å². The Labute approximate surface area is 172 Å². The van der Waals surface area contributed by atoms with Gasteiger partial charge in [-0.15, -0.1) is 0 Å². The molecule has 0 bridgehead atoms. The van der Waals surface area contributed by atoms with E-state index < -0.39 is 0 Å². The number of fused-ring (bicyclic) bond motifs is 1. The number of aromatic nitrogens is 1. The Hall–Kier alpha value is -3.50. The fourth-order valence-corrected chi connectivity index (χ4v) is 3.18. The average molecular weight is 403 g/mol. The number of hydrogen-bond donors (Lipinski definition) is 1. The van der Waals surface area contributed by atoms with Crippen LogP contribution in [-0.4, -0.2) is 10.8 Å². The second-order valence-corrected chi connectivity index (χ2v) is 6.91. The number of nitrogens with one attached hydrogen (secondary N) is 1. The van der Waals surface area contributed by atoms with Gasteiger partial charge >= 0.3 is 0 Å². The number of rotatable bonds is 5. The molecule has 1 heterocycles. The summed E-state index contributed by atoms with van der Waals surface area (Å²) in [5, 5.41) is 4.89. The summed E-state index contributed by atoms with van der Waals surface area (Å²) < 4.78 is 13.3. The van der Waals surface area contributed by atoms with Gasteiger partial charge in [0.05, 0.1) is 5.52 Å². The Morgan fingerprint density at radius 3 is 2.72 bits per heavy atom. The van der Waals surface area contributed by atoms with Crippen molar-refractivity contribution in [2.75, 3.05) is 5.32 Å². The Morgan fingerprint density at radius 2 is 1.86 bits per heavy atom. The van der Waals surface area contributed by atoms with Crippen molar-refractivity contribution in [2.24, 2.45) is 0 Å². The molecule has 0 amide bonds. The van der Waals surface area contributed by atoms with E-state index in [9.17, 15) is 9.18 Å². The Balaban J connectivity index is 1.57. The lowest BCUT2D eigenvalue weighted by Gasteiger charge is -2.10. The first-order valence-electron chi connectivity index (χ1n) is 8.98. The van der Waals surface area contributed by atoms with Gasteiger partial charge in [0.2, 0.25) is 0 Å². The van der Waals surface area contributed by atoms with E-state index in [1.807, 2.05) is 30.3 Å². The van der Waals surface area contributed by atoms with Crippen LogP contribution in [0.2, 0.25) is 5.02 Å². The lowest BCUT2D eigenvalue weighted by Crippen LogP contribution is -1.97. The normalized spacial score (nSPS) is 11.1. The molecule has 1 N–H and O–H groups in total. The number of nitrogens with zero attached hydrogens (tertiary/aromatic N) is 1. The molecule has 0 unspecified atom stereocenters. The summed E-state index contributed by atoms with van der Waals surface area (Å²) in [7, 11) is 0. The molecule has 0 fully saturated rings. The third-order valence-electron chi connectivity index (χ3n) is 4.41. The molecule has 4 aromatic rings. The van der Waals surface area contributed by atoms with Gasteiger partial charge in [0.1, 0.15) is 5.82 Å². The quantitative estimate of drug-likeness (QED) is 0.299. The summed E-state index contributed by atoms with van der Waals surface area (Å²) in [5.74, 6) is -0.499. The van der Waals surface area contributed by atoms with Gasteiger partial charge in [-0.2, -0.15) is 0 Å². The van der Waals surface area contributed by atoms with E-state index >= 15 is 0 Å². The number of pyridine rings is 1. The van der Waals surface area contributed by atoms with Crippen LogP contribution in [0.1, 0.15) is 15.9 Å². The molecule has 0 aliphatic carbocycles. The monoisotopic (exact) mass is 402 g/mol. The highest BCUT2D eigenvalue weighted by atomic mass is 35.5. The number of hydrogen-bond acceptors (Lipinski definition) is 3. The molecular weight excluding hydrogens is 387 g/mol. The number of carbonyl (C=O) groups excluding carboxylic acids is 1. The van der Waals surface area contributed by atoms with Gasteiger partial charge in [-0.3, -0.25) is 9.78 Å². The van der Waals surface area contributed by atoms with Crippen LogP contribution in [0.15, 0.2) is 85.1 Å². The minimum atomic E-state index is -0.336. The lowest BCUT2D eigenvalue weighted by atomic mass is 10.1. The first-order valence-corrected chi connectivity index (χ1v) is 9.36. The zero-order valence-corrected chi connectivity index (χ0v) is 16.0. The first-order chi connectivity index (χ1) is 14.1. The largest absolute Gasteiger partial charge is 0.355 e. The SMILES string of the molecule is O=C(/C=C/c1cccc(F)c1)c1cccc(Nc2ccnc3cc(Cl)ccc23)c1. The predicted octanol–water partition coefficient (Wildman–Crippen LogP) is 6.67. The van der Waals surface area contributed by atoms with Crippen LogP contribution in [0.25, 0.3) is 17.0 Å². The molecule has 4 rings (SSSR count). The number of allylic oxidation sites excluding steroid dienone is 1. The molecule has 5 heteroatoms. The number of carbonyl (C=O) groups is 1. The smallest absolute Gasteiger partial charge is 0.185 e. The van der Waals surface area contributed by atoms with Crippen LogP contribution in [0.4, 0.5) is 15.8 Å². The molecule has 0 aliphatic rings. The van der Waals surface area contributed by atoms with Crippen LogP contribution >= 0.6 is 11.6 Å². The average Bonchev–Trinajstić information content (AvgIpc) is 2.72. The fourth-order valence-electron chi connectivity index (χ4n) is 3.01. The third kappa shape index (κ3) is 4.50. The molecule has 1 aromatic heterocycles. The second kappa shape index (κ2) is 8.25. The Bertz CT molecular complexity index is 1240. The van der Waals surface area contributed by atoms with Gasteiger partial charge in [-0.05, 0) is 60.2 Å². The van der Waals surface area contributed by atoms with Gasteiger partial charge in [-0.1, -0.05) is 41.9 Å². The maximum atomic E-state index is 13.3. The first kappa shape index (κ1) is 18.8. The number of benzene rings is 3. The second-order valence-electron chi connectivity index (χ2n) is 6.48. The Morgan fingerprint density at radius 1 is 1.00 bits per heavy atom. The van der Waals surface area contributed by atoms with Gasteiger partial charge in [0.25, 0.3) is 0 Å². The highest BCUT2D eigenvalue weighted by molar-refractivity contribution is 6.31. The third-order valence-corrected chi connectivity index (χ3v) is 4.64. The predicted molar refractivity (Wildman–Crippen MR) is 116 cm³/mol. The summed E-state index contributed by atoms with van der Waals surface area (Å²) in [5.41, 5.74) is 3.59. The van der Waals surface area contributed by atoms with Crippen LogP contribution in [-0.2, 0) is 0 Å². The maximum absolute atomic E-state index is 13.3. The van der Waals surface area contributed by atoms with Crippen molar-refractivity contribution < 1.29 is 9.18 Å². The molecule has 3 nitrogen and oxygen atoms in total. The number of halogens is 2. The topological polar surface area (TPSA) is 42.0 Å². The van der Waals surface area contributed by atoms with E-state index in [1.54, 1.807) is 42.6 Å². The van der Waals surface area contributed by atoms with Gasteiger partial charge < -0.3 is 5.32 Å². The van der Waals surface area contributed by atoms with Gasteiger partial charge in [-0.25, -0.2) is 4.39 Å². The highest BCUT2D eigenvalue weighted by Gasteiger charge is 2.06. The maximum Gasteiger partial charge on any atom is 0.185 e. The van der Waals surface area contributed by atoms with E-state index in [1.165, 1.54) is 18.2 Å². The van der Waals surface area contributed by atoms with Gasteiger partial charge in [0.15, 0.2) is 5.78 Å². The van der Waals surface area contributed by atoms with E-state index in [2.05, 4.69) is 10.3 Å². The molecule has 0 aliphatic heterocycles. The molecule has 0 saturated carbocycles. The molecule has 3 aromatic carbocycles. The molecule has 0 radical (unpaired) electrons. The van der Waals surface area contributed by atoms with Crippen LogP contribution in [0.3, 0.4) is 0 Å². The molecule has 0 atom stereocenters. The summed E-state index contributed by atoms with van der Waals surface area (Å²) in [4.78, 5) is 16.9. The van der Waals surface area contributed by atoms with Crippen LogP contribution in [0, 0.1) is 5.82 Å². The highest BCUT2D eigenvalue weighted by Crippen LogP contribution is 2.27. The van der Waals surface area contributed by atoms with Crippen molar-refractivity contribution in [1.29, 1.82) is 0 Å². The minimum absolute atomic E-state index is 0.163. The molecular formula is C24H16ClFN2O. The summed E-state index contributed by atoms with van der Waals surface area (Å²) in [6.45, 7) is 0. The minimum Gasteiger partial charge on any atom is -0.355 e. The van der Waals surface area contributed by atoms with Crippen molar-refractivity contribution in [3.63, 3.8) is 0 Å². The van der Waals surface area contributed by atoms with E-state index in [-0.39, 0.29) is 11.6 Å². The number of ketones is 1. The molecule has 0 spiro atoms. The van der Waals surface area contributed by atoms with Crippen molar-refractivity contribution in [2.45, 2.75) is 0 Å².